The largest absolute Gasteiger partial charge is 0.366 e. The number of hydrogen-bond acceptors (Lipinski definition) is 2. The molecule has 0 aliphatic rings. The van der Waals surface area contributed by atoms with E-state index in [-0.39, 0.29) is 23.9 Å². The van der Waals surface area contributed by atoms with Gasteiger partial charge in [-0.1, -0.05) is 0 Å². The number of carbonyl (C=O) groups excluding carboxylic acids is 1. The van der Waals surface area contributed by atoms with Gasteiger partial charge in [0.15, 0.2) is 0 Å². The van der Waals surface area contributed by atoms with Gasteiger partial charge in [-0.05, 0) is 51.5 Å². The molecule has 0 saturated heterocycles. The maximum Gasteiger partial charge on any atom is 0.250 e. The number of nitrogens with one attached hydrogen (secondary N) is 1. The van der Waals surface area contributed by atoms with E-state index >= 15 is 0 Å². The Labute approximate surface area is 101 Å². The molecule has 0 saturated carbocycles. The molecule has 1 amide bonds. The van der Waals surface area contributed by atoms with Crippen LogP contribution in [-0.4, -0.2) is 18.1 Å². The van der Waals surface area contributed by atoms with Crippen molar-refractivity contribution in [1.82, 2.24) is 0 Å². The van der Waals surface area contributed by atoms with Gasteiger partial charge in [0.2, 0.25) is 5.91 Å². The highest BCUT2D eigenvalue weighted by molar-refractivity contribution is 5.91. The summed E-state index contributed by atoms with van der Waals surface area (Å²) in [6.45, 7) is 7.27. The quantitative estimate of drug-likeness (QED) is 0.880. The first kappa shape index (κ1) is 13.6. The Morgan fingerprint density at radius 2 is 2.06 bits per heavy atom. The Morgan fingerprint density at radius 1 is 1.41 bits per heavy atom. The van der Waals surface area contributed by atoms with E-state index in [0.29, 0.717) is 11.3 Å². The first-order chi connectivity index (χ1) is 7.78. The van der Waals surface area contributed by atoms with Crippen molar-refractivity contribution in [3.05, 3.63) is 29.6 Å². The first-order valence-electron chi connectivity index (χ1n) is 5.48. The summed E-state index contributed by atoms with van der Waals surface area (Å²) in [5.74, 6) is -0.528. The van der Waals surface area contributed by atoms with Crippen LogP contribution in [0.5, 0.6) is 0 Å². The van der Waals surface area contributed by atoms with Crippen molar-refractivity contribution in [2.24, 2.45) is 0 Å². The predicted octanol–water partition coefficient (Wildman–Crippen LogP) is 2.89. The molecule has 0 aliphatic carbocycles. The van der Waals surface area contributed by atoms with Gasteiger partial charge in [-0.15, -0.1) is 0 Å². The van der Waals surface area contributed by atoms with Crippen LogP contribution in [0, 0.1) is 12.7 Å². The SMILES string of the molecule is Cc1cc(NC(=O)COC(C)(C)C)ccc1F. The van der Waals surface area contributed by atoms with E-state index < -0.39 is 0 Å². The molecule has 0 fully saturated rings. The summed E-state index contributed by atoms with van der Waals surface area (Å²) in [7, 11) is 0. The Morgan fingerprint density at radius 3 is 2.59 bits per heavy atom. The highest BCUT2D eigenvalue weighted by Gasteiger charge is 2.13. The first-order valence-corrected chi connectivity index (χ1v) is 5.48. The van der Waals surface area contributed by atoms with Gasteiger partial charge in [-0.2, -0.15) is 0 Å². The molecule has 0 heterocycles. The maximum atomic E-state index is 13.0. The molecular weight excluding hydrogens is 221 g/mol. The lowest BCUT2D eigenvalue weighted by atomic mass is 10.2. The van der Waals surface area contributed by atoms with Crippen LogP contribution >= 0.6 is 0 Å². The Hall–Kier alpha value is -1.42. The van der Waals surface area contributed by atoms with Crippen LogP contribution in [0.1, 0.15) is 26.3 Å². The van der Waals surface area contributed by atoms with Gasteiger partial charge in [-0.25, -0.2) is 4.39 Å². The number of hydrogen-bond donors (Lipinski definition) is 1. The normalized spacial score (nSPS) is 11.4. The van der Waals surface area contributed by atoms with Crippen molar-refractivity contribution in [2.45, 2.75) is 33.3 Å². The Bertz CT molecular complexity index is 410. The third kappa shape index (κ3) is 4.95. The zero-order chi connectivity index (χ0) is 13.1. The second-order valence-electron chi connectivity index (χ2n) is 4.91. The van der Waals surface area contributed by atoms with E-state index in [0.717, 1.165) is 0 Å². The average Bonchev–Trinajstić information content (AvgIpc) is 2.20. The summed E-state index contributed by atoms with van der Waals surface area (Å²) in [5.41, 5.74) is 0.724. The number of ether oxygens (including phenoxy) is 1. The average molecular weight is 239 g/mol. The molecule has 0 spiro atoms. The van der Waals surface area contributed by atoms with Crippen molar-refractivity contribution >= 4 is 11.6 Å². The monoisotopic (exact) mass is 239 g/mol. The lowest BCUT2D eigenvalue weighted by Crippen LogP contribution is -2.27. The molecular formula is C13H18FNO2. The third-order valence-electron chi connectivity index (χ3n) is 2.08. The minimum Gasteiger partial charge on any atom is -0.366 e. The summed E-state index contributed by atoms with van der Waals surface area (Å²) in [6.07, 6.45) is 0. The summed E-state index contributed by atoms with van der Waals surface area (Å²) >= 11 is 0. The van der Waals surface area contributed by atoms with Crippen LogP contribution in [0.2, 0.25) is 0 Å². The molecule has 1 N–H and O–H groups in total. The van der Waals surface area contributed by atoms with Crippen molar-refractivity contribution in [1.29, 1.82) is 0 Å². The predicted molar refractivity (Wildman–Crippen MR) is 65.5 cm³/mol. The van der Waals surface area contributed by atoms with Crippen molar-refractivity contribution in [2.75, 3.05) is 11.9 Å². The smallest absolute Gasteiger partial charge is 0.250 e. The molecule has 0 aliphatic heterocycles. The third-order valence-corrected chi connectivity index (χ3v) is 2.08. The molecule has 94 valence electrons. The fourth-order valence-electron chi connectivity index (χ4n) is 1.20. The fraction of sp³-hybridized carbons (Fsp3) is 0.462. The molecule has 4 heteroatoms. The van der Waals surface area contributed by atoms with Crippen LogP contribution < -0.4 is 5.32 Å². The van der Waals surface area contributed by atoms with Crippen LogP contribution in [0.4, 0.5) is 10.1 Å². The molecule has 0 atom stereocenters. The van der Waals surface area contributed by atoms with E-state index in [4.69, 9.17) is 4.74 Å². The van der Waals surface area contributed by atoms with E-state index in [9.17, 15) is 9.18 Å². The standard InChI is InChI=1S/C13H18FNO2/c1-9-7-10(5-6-11(9)14)15-12(16)8-17-13(2,3)4/h5-7H,8H2,1-4H3,(H,15,16). The zero-order valence-corrected chi connectivity index (χ0v) is 10.6. The van der Waals surface area contributed by atoms with Crippen LogP contribution in [0.15, 0.2) is 18.2 Å². The van der Waals surface area contributed by atoms with E-state index in [1.165, 1.54) is 12.1 Å². The summed E-state index contributed by atoms with van der Waals surface area (Å²) in [6, 6.07) is 4.44. The molecule has 3 nitrogen and oxygen atoms in total. The Balaban J connectivity index is 2.54. The molecule has 0 radical (unpaired) electrons. The van der Waals surface area contributed by atoms with Crippen LogP contribution in [-0.2, 0) is 9.53 Å². The number of amides is 1. The van der Waals surface area contributed by atoms with Gasteiger partial charge < -0.3 is 10.1 Å². The molecule has 17 heavy (non-hydrogen) atoms. The molecule has 0 bridgehead atoms. The van der Waals surface area contributed by atoms with Crippen molar-refractivity contribution < 1.29 is 13.9 Å². The highest BCUT2D eigenvalue weighted by Crippen LogP contribution is 2.14. The minimum absolute atomic E-state index is 0.0140. The molecule has 0 unspecified atom stereocenters. The van der Waals surface area contributed by atoms with Crippen molar-refractivity contribution in [3.8, 4) is 0 Å². The number of benzene rings is 1. The topological polar surface area (TPSA) is 38.3 Å². The number of carbonyl (C=O) groups is 1. The van der Waals surface area contributed by atoms with Crippen LogP contribution in [0.3, 0.4) is 0 Å². The van der Waals surface area contributed by atoms with Gasteiger partial charge in [0.1, 0.15) is 12.4 Å². The van der Waals surface area contributed by atoms with E-state index in [2.05, 4.69) is 5.32 Å². The maximum absolute atomic E-state index is 13.0. The number of halogens is 1. The molecule has 1 aromatic rings. The van der Waals surface area contributed by atoms with Gasteiger partial charge >= 0.3 is 0 Å². The van der Waals surface area contributed by atoms with Gasteiger partial charge in [-0.3, -0.25) is 4.79 Å². The molecule has 0 aromatic heterocycles. The van der Waals surface area contributed by atoms with E-state index in [1.807, 2.05) is 20.8 Å². The fourth-order valence-corrected chi connectivity index (χ4v) is 1.20. The number of rotatable bonds is 3. The van der Waals surface area contributed by atoms with Gasteiger partial charge in [0.25, 0.3) is 0 Å². The lowest BCUT2D eigenvalue weighted by molar-refractivity contribution is -0.125. The summed E-state index contributed by atoms with van der Waals surface area (Å²) in [5, 5.41) is 2.65. The zero-order valence-electron chi connectivity index (χ0n) is 10.6. The second-order valence-corrected chi connectivity index (χ2v) is 4.91. The summed E-state index contributed by atoms with van der Waals surface area (Å²) < 4.78 is 18.3. The number of anilines is 1. The van der Waals surface area contributed by atoms with Gasteiger partial charge in [0, 0.05) is 5.69 Å². The van der Waals surface area contributed by atoms with Crippen molar-refractivity contribution in [3.63, 3.8) is 0 Å². The Kier molecular flexibility index (Phi) is 4.23. The lowest BCUT2D eigenvalue weighted by Gasteiger charge is -2.19. The molecule has 1 rings (SSSR count). The molecule has 1 aromatic carbocycles. The number of aryl methyl sites for hydroxylation is 1. The van der Waals surface area contributed by atoms with E-state index in [1.54, 1.807) is 13.0 Å². The second kappa shape index (κ2) is 5.27. The summed E-state index contributed by atoms with van der Waals surface area (Å²) in [4.78, 5) is 11.5. The van der Waals surface area contributed by atoms with Crippen LogP contribution in [0.25, 0.3) is 0 Å². The highest BCUT2D eigenvalue weighted by atomic mass is 19.1. The minimum atomic E-state index is -0.351. The van der Waals surface area contributed by atoms with Gasteiger partial charge in [0.05, 0.1) is 5.60 Å².